The molecule has 1 heterocycles. The molecule has 8 heteroatoms. The van der Waals surface area contributed by atoms with Crippen LogP contribution in [0.1, 0.15) is 5.69 Å². The Morgan fingerprint density at radius 2 is 1.83 bits per heavy atom. The summed E-state index contributed by atoms with van der Waals surface area (Å²) in [6, 6.07) is 11.9. The van der Waals surface area contributed by atoms with E-state index in [9.17, 15) is 8.42 Å². The lowest BCUT2D eigenvalue weighted by Gasteiger charge is -2.11. The molecule has 0 bridgehead atoms. The first-order valence-corrected chi connectivity index (χ1v) is 8.73. The van der Waals surface area contributed by atoms with E-state index in [0.29, 0.717) is 33.8 Å². The van der Waals surface area contributed by atoms with Crippen molar-refractivity contribution in [3.63, 3.8) is 0 Å². The zero-order valence-corrected chi connectivity index (χ0v) is 14.0. The first kappa shape index (κ1) is 16.1. The fraction of sp³-hybridized carbons (Fsp3) is 0.188. The molecule has 0 amide bonds. The van der Waals surface area contributed by atoms with Crippen LogP contribution in [0.25, 0.3) is 11.0 Å². The molecule has 0 aliphatic carbocycles. The van der Waals surface area contributed by atoms with E-state index < -0.39 is 10.0 Å². The normalized spacial score (nSPS) is 11.4. The van der Waals surface area contributed by atoms with Gasteiger partial charge in [0.2, 0.25) is 10.0 Å². The van der Waals surface area contributed by atoms with E-state index >= 15 is 0 Å². The number of methoxy groups -OCH3 is 2. The van der Waals surface area contributed by atoms with Crippen LogP contribution in [0.3, 0.4) is 0 Å². The quantitative estimate of drug-likeness (QED) is 0.736. The summed E-state index contributed by atoms with van der Waals surface area (Å²) in [6.07, 6.45) is 0. The van der Waals surface area contributed by atoms with Gasteiger partial charge in [0.1, 0.15) is 11.4 Å². The van der Waals surface area contributed by atoms with E-state index in [1.165, 1.54) is 14.2 Å². The molecule has 7 nitrogen and oxygen atoms in total. The fourth-order valence-corrected chi connectivity index (χ4v) is 3.46. The molecule has 0 radical (unpaired) electrons. The predicted octanol–water partition coefficient (Wildman–Crippen LogP) is 2.79. The van der Waals surface area contributed by atoms with E-state index in [-0.39, 0.29) is 5.75 Å². The van der Waals surface area contributed by atoms with Crippen LogP contribution in [0.5, 0.6) is 11.5 Å². The van der Waals surface area contributed by atoms with Gasteiger partial charge in [0, 0.05) is 11.5 Å². The second-order valence-corrected chi connectivity index (χ2v) is 6.78. The number of ether oxygens (including phenoxy) is 2. The maximum Gasteiger partial charge on any atom is 0.238 e. The molecule has 0 spiro atoms. The van der Waals surface area contributed by atoms with Crippen molar-refractivity contribution < 1.29 is 22.4 Å². The topological polar surface area (TPSA) is 90.7 Å². The number of sulfonamides is 1. The van der Waals surface area contributed by atoms with E-state index in [2.05, 4.69) is 9.88 Å². The maximum absolute atomic E-state index is 12.4. The van der Waals surface area contributed by atoms with Gasteiger partial charge in [0.25, 0.3) is 0 Å². The SMILES string of the molecule is COc1ccc(NS(=O)(=O)Cc2noc3ccccc23)cc1OC. The summed E-state index contributed by atoms with van der Waals surface area (Å²) in [5.74, 6) is 0.658. The van der Waals surface area contributed by atoms with Crippen molar-refractivity contribution in [1.82, 2.24) is 5.16 Å². The molecule has 3 aromatic rings. The average Bonchev–Trinajstić information content (AvgIpc) is 2.97. The molecular formula is C16H16N2O5S. The van der Waals surface area contributed by atoms with Crippen LogP contribution in [-0.4, -0.2) is 27.8 Å². The third kappa shape index (κ3) is 3.28. The monoisotopic (exact) mass is 348 g/mol. The number of rotatable bonds is 6. The predicted molar refractivity (Wildman–Crippen MR) is 89.8 cm³/mol. The van der Waals surface area contributed by atoms with Crippen molar-refractivity contribution in [3.8, 4) is 11.5 Å². The summed E-state index contributed by atoms with van der Waals surface area (Å²) in [7, 11) is -0.667. The third-order valence-corrected chi connectivity index (χ3v) is 4.64. The minimum absolute atomic E-state index is 0.293. The highest BCUT2D eigenvalue weighted by Crippen LogP contribution is 2.30. The van der Waals surface area contributed by atoms with E-state index in [4.69, 9.17) is 14.0 Å². The maximum atomic E-state index is 12.4. The van der Waals surface area contributed by atoms with Gasteiger partial charge in [-0.1, -0.05) is 17.3 Å². The Labute approximate surface area is 139 Å². The van der Waals surface area contributed by atoms with E-state index in [0.717, 1.165) is 0 Å². The lowest BCUT2D eigenvalue weighted by atomic mass is 10.2. The number of hydrogen-bond acceptors (Lipinski definition) is 6. The Hall–Kier alpha value is -2.74. The first-order valence-electron chi connectivity index (χ1n) is 7.08. The molecule has 0 saturated carbocycles. The highest BCUT2D eigenvalue weighted by atomic mass is 32.2. The molecule has 126 valence electrons. The molecule has 24 heavy (non-hydrogen) atoms. The summed E-state index contributed by atoms with van der Waals surface area (Å²) >= 11 is 0. The highest BCUT2D eigenvalue weighted by molar-refractivity contribution is 7.91. The van der Waals surface area contributed by atoms with Crippen molar-refractivity contribution in [1.29, 1.82) is 0 Å². The Morgan fingerprint density at radius 3 is 2.58 bits per heavy atom. The highest BCUT2D eigenvalue weighted by Gasteiger charge is 2.18. The van der Waals surface area contributed by atoms with Crippen molar-refractivity contribution >= 4 is 26.7 Å². The van der Waals surface area contributed by atoms with Crippen LogP contribution in [0.4, 0.5) is 5.69 Å². The van der Waals surface area contributed by atoms with Gasteiger partial charge in [-0.3, -0.25) is 4.72 Å². The molecule has 0 aliphatic heterocycles. The van der Waals surface area contributed by atoms with Crippen LogP contribution in [0.15, 0.2) is 47.0 Å². The number of benzene rings is 2. The fourth-order valence-electron chi connectivity index (χ4n) is 2.34. The largest absolute Gasteiger partial charge is 0.493 e. The lowest BCUT2D eigenvalue weighted by molar-refractivity contribution is 0.355. The van der Waals surface area contributed by atoms with Crippen molar-refractivity contribution in [2.24, 2.45) is 0 Å². The van der Waals surface area contributed by atoms with Crippen molar-refractivity contribution in [3.05, 3.63) is 48.2 Å². The second kappa shape index (κ2) is 6.40. The Kier molecular flexibility index (Phi) is 4.30. The van der Waals surface area contributed by atoms with Gasteiger partial charge >= 0.3 is 0 Å². The van der Waals surface area contributed by atoms with Gasteiger partial charge in [0.15, 0.2) is 17.1 Å². The summed E-state index contributed by atoms with van der Waals surface area (Å²) in [5.41, 5.74) is 1.29. The minimum atomic E-state index is -3.66. The number of anilines is 1. The molecule has 0 saturated heterocycles. The van der Waals surface area contributed by atoms with Crippen molar-refractivity contribution in [2.75, 3.05) is 18.9 Å². The average molecular weight is 348 g/mol. The van der Waals surface area contributed by atoms with Gasteiger partial charge in [0.05, 0.1) is 19.9 Å². The zero-order valence-electron chi connectivity index (χ0n) is 13.1. The number of nitrogens with one attached hydrogen (secondary N) is 1. The summed E-state index contributed by atoms with van der Waals surface area (Å²) in [5, 5.41) is 4.52. The number of para-hydroxylation sites is 1. The van der Waals surface area contributed by atoms with Crippen LogP contribution in [0.2, 0.25) is 0 Å². The van der Waals surface area contributed by atoms with Crippen LogP contribution in [-0.2, 0) is 15.8 Å². The molecule has 1 N–H and O–H groups in total. The molecule has 3 rings (SSSR count). The van der Waals surface area contributed by atoms with Gasteiger partial charge < -0.3 is 14.0 Å². The standard InChI is InChI=1S/C16H16N2O5S/c1-21-15-8-7-11(9-16(15)22-2)18-24(19,20)10-13-12-5-3-4-6-14(12)23-17-13/h3-9,18H,10H2,1-2H3. The van der Waals surface area contributed by atoms with E-state index in [1.807, 2.05) is 0 Å². The van der Waals surface area contributed by atoms with Gasteiger partial charge in [-0.25, -0.2) is 8.42 Å². The molecular weight excluding hydrogens is 332 g/mol. The van der Waals surface area contributed by atoms with Gasteiger partial charge in [-0.15, -0.1) is 0 Å². The molecule has 0 atom stereocenters. The Bertz CT molecular complexity index is 966. The number of hydrogen-bond donors (Lipinski definition) is 1. The second-order valence-electron chi connectivity index (χ2n) is 5.06. The number of aromatic nitrogens is 1. The first-order chi connectivity index (χ1) is 11.5. The smallest absolute Gasteiger partial charge is 0.238 e. The zero-order chi connectivity index (χ0) is 17.2. The number of fused-ring (bicyclic) bond motifs is 1. The van der Waals surface area contributed by atoms with E-state index in [1.54, 1.807) is 42.5 Å². The van der Waals surface area contributed by atoms with Crippen molar-refractivity contribution in [2.45, 2.75) is 5.75 Å². The third-order valence-electron chi connectivity index (χ3n) is 3.44. The van der Waals surface area contributed by atoms with Crippen LogP contribution in [0, 0.1) is 0 Å². The summed E-state index contributed by atoms with van der Waals surface area (Å²) in [4.78, 5) is 0. The molecule has 0 fully saturated rings. The Morgan fingerprint density at radius 1 is 1.08 bits per heavy atom. The number of nitrogens with zero attached hydrogens (tertiary/aromatic N) is 1. The molecule has 0 unspecified atom stereocenters. The van der Waals surface area contributed by atoms with Gasteiger partial charge in [-0.05, 0) is 24.3 Å². The Balaban J connectivity index is 1.84. The molecule has 0 aliphatic rings. The minimum Gasteiger partial charge on any atom is -0.493 e. The summed E-state index contributed by atoms with van der Waals surface area (Å²) in [6.45, 7) is 0. The lowest BCUT2D eigenvalue weighted by Crippen LogP contribution is -2.15. The molecule has 2 aromatic carbocycles. The van der Waals surface area contributed by atoms with Crippen LogP contribution >= 0.6 is 0 Å². The van der Waals surface area contributed by atoms with Gasteiger partial charge in [-0.2, -0.15) is 0 Å². The summed E-state index contributed by atoms with van der Waals surface area (Å²) < 4.78 is 42.7. The molecule has 1 aromatic heterocycles. The van der Waals surface area contributed by atoms with Crippen LogP contribution < -0.4 is 14.2 Å².